The lowest BCUT2D eigenvalue weighted by molar-refractivity contribution is 0.101. The van der Waals surface area contributed by atoms with Crippen LogP contribution < -0.4 is 11.1 Å². The summed E-state index contributed by atoms with van der Waals surface area (Å²) in [5, 5.41) is 4.52. The van der Waals surface area contributed by atoms with E-state index in [1.807, 2.05) is 6.26 Å². The van der Waals surface area contributed by atoms with Crippen molar-refractivity contribution in [2.75, 3.05) is 24.4 Å². The molecule has 0 amide bonds. The summed E-state index contributed by atoms with van der Waals surface area (Å²) in [6, 6.07) is 0.314. The molecule has 2 rings (SSSR count). The number of nitrogen functional groups attached to an aromatic ring is 1. The summed E-state index contributed by atoms with van der Waals surface area (Å²) in [6.07, 6.45) is 5.59. The van der Waals surface area contributed by atoms with Gasteiger partial charge < -0.3 is 15.8 Å². The van der Waals surface area contributed by atoms with Crippen LogP contribution >= 0.6 is 23.1 Å². The third-order valence-corrected chi connectivity index (χ3v) is 5.69. The van der Waals surface area contributed by atoms with E-state index >= 15 is 0 Å². The summed E-state index contributed by atoms with van der Waals surface area (Å²) in [7, 11) is 1.75. The van der Waals surface area contributed by atoms with E-state index in [0.717, 1.165) is 22.7 Å². The molecule has 1 aromatic rings. The molecule has 19 heavy (non-hydrogen) atoms. The normalized spacial score (nSPS) is 22.7. The van der Waals surface area contributed by atoms with Crippen molar-refractivity contribution < 1.29 is 9.53 Å². The molecule has 0 spiro atoms. The minimum absolute atomic E-state index is 0.0283. The van der Waals surface area contributed by atoms with E-state index in [9.17, 15) is 4.79 Å². The molecular formula is C13H20N2O2S2. The molecule has 0 aromatic carbocycles. The van der Waals surface area contributed by atoms with Gasteiger partial charge in [0.25, 0.3) is 0 Å². The Bertz CT molecular complexity index is 473. The quantitative estimate of drug-likeness (QED) is 0.645. The molecule has 1 aromatic heterocycles. The Morgan fingerprint density at radius 3 is 2.84 bits per heavy atom. The Kier molecular flexibility index (Phi) is 4.76. The molecule has 1 fully saturated rings. The molecule has 0 aliphatic heterocycles. The summed E-state index contributed by atoms with van der Waals surface area (Å²) < 4.78 is 5.49. The highest BCUT2D eigenvalue weighted by Crippen LogP contribution is 2.43. The van der Waals surface area contributed by atoms with Crippen LogP contribution in [0.15, 0.2) is 4.90 Å². The third-order valence-electron chi connectivity index (χ3n) is 3.50. The van der Waals surface area contributed by atoms with Crippen molar-refractivity contribution in [3.05, 3.63) is 4.88 Å². The molecule has 0 radical (unpaired) electrons. The number of carbonyl (C=O) groups is 1. The topological polar surface area (TPSA) is 64.3 Å². The lowest BCUT2D eigenvalue weighted by Crippen LogP contribution is -2.29. The molecule has 1 heterocycles. The average Bonchev–Trinajstić information content (AvgIpc) is 2.94. The molecule has 1 aliphatic rings. The van der Waals surface area contributed by atoms with Gasteiger partial charge in [-0.3, -0.25) is 4.79 Å². The molecule has 2 atom stereocenters. The number of thiophene rings is 1. The second-order valence-electron chi connectivity index (χ2n) is 4.72. The number of anilines is 2. The molecular weight excluding hydrogens is 280 g/mol. The van der Waals surface area contributed by atoms with Crippen molar-refractivity contribution in [1.29, 1.82) is 0 Å². The zero-order valence-corrected chi connectivity index (χ0v) is 13.1. The van der Waals surface area contributed by atoms with Gasteiger partial charge >= 0.3 is 0 Å². The first-order valence-corrected chi connectivity index (χ1v) is 8.39. The van der Waals surface area contributed by atoms with E-state index in [2.05, 4.69) is 5.32 Å². The second kappa shape index (κ2) is 6.15. The lowest BCUT2D eigenvalue weighted by atomic mass is 10.2. The molecule has 1 saturated carbocycles. The number of carbonyl (C=O) groups excluding carboxylic acids is 1. The highest BCUT2D eigenvalue weighted by atomic mass is 32.2. The van der Waals surface area contributed by atoms with Gasteiger partial charge in [0.15, 0.2) is 5.78 Å². The molecule has 6 heteroatoms. The first-order valence-electron chi connectivity index (χ1n) is 6.35. The zero-order chi connectivity index (χ0) is 14.0. The minimum atomic E-state index is 0.0283. The van der Waals surface area contributed by atoms with Crippen LogP contribution in [0.2, 0.25) is 0 Å². The van der Waals surface area contributed by atoms with E-state index in [1.165, 1.54) is 17.8 Å². The maximum atomic E-state index is 11.6. The van der Waals surface area contributed by atoms with Crippen LogP contribution in [0.25, 0.3) is 0 Å². The van der Waals surface area contributed by atoms with E-state index in [1.54, 1.807) is 25.8 Å². The van der Waals surface area contributed by atoms with Gasteiger partial charge in [-0.25, -0.2) is 0 Å². The largest absolute Gasteiger partial charge is 0.396 e. The van der Waals surface area contributed by atoms with Crippen LogP contribution in [-0.2, 0) is 4.74 Å². The SMILES string of the molecule is COC1CCCC1Nc1sc(C(C)=O)c(N)c1SC. The number of rotatable bonds is 5. The fourth-order valence-electron chi connectivity index (χ4n) is 2.53. The number of nitrogens with one attached hydrogen (secondary N) is 1. The molecule has 1 aliphatic carbocycles. The van der Waals surface area contributed by atoms with E-state index in [0.29, 0.717) is 16.6 Å². The summed E-state index contributed by atoms with van der Waals surface area (Å²) in [5.41, 5.74) is 6.67. The molecule has 4 nitrogen and oxygen atoms in total. The number of nitrogens with two attached hydrogens (primary N) is 1. The van der Waals surface area contributed by atoms with Gasteiger partial charge in [-0.05, 0) is 25.5 Å². The molecule has 106 valence electrons. The minimum Gasteiger partial charge on any atom is -0.396 e. The van der Waals surface area contributed by atoms with E-state index in [-0.39, 0.29) is 11.9 Å². The molecule has 0 saturated heterocycles. The van der Waals surface area contributed by atoms with E-state index in [4.69, 9.17) is 10.5 Å². The predicted octanol–water partition coefficient (Wildman–Crippen LogP) is 3.23. The van der Waals surface area contributed by atoms with Crippen LogP contribution in [0.1, 0.15) is 35.9 Å². The monoisotopic (exact) mass is 300 g/mol. The first kappa shape index (κ1) is 14.7. The zero-order valence-electron chi connectivity index (χ0n) is 11.5. The number of ketones is 1. The summed E-state index contributed by atoms with van der Waals surface area (Å²) >= 11 is 3.04. The van der Waals surface area contributed by atoms with Gasteiger partial charge in [0.2, 0.25) is 0 Å². The number of hydrogen-bond donors (Lipinski definition) is 2. The van der Waals surface area contributed by atoms with Crippen molar-refractivity contribution in [3.63, 3.8) is 0 Å². The summed E-state index contributed by atoms with van der Waals surface area (Å²) in [5.74, 6) is 0.0283. The van der Waals surface area contributed by atoms with Crippen molar-refractivity contribution in [3.8, 4) is 0 Å². The van der Waals surface area contributed by atoms with Crippen molar-refractivity contribution >= 4 is 39.6 Å². The molecule has 0 bridgehead atoms. The average molecular weight is 300 g/mol. The van der Waals surface area contributed by atoms with Gasteiger partial charge in [0.05, 0.1) is 27.6 Å². The van der Waals surface area contributed by atoms with Crippen molar-refractivity contribution in [2.24, 2.45) is 0 Å². The number of Topliss-reactive ketones (excluding diaryl/α,β-unsaturated/α-hetero) is 1. The Morgan fingerprint density at radius 1 is 1.53 bits per heavy atom. The number of ether oxygens (including phenoxy) is 1. The van der Waals surface area contributed by atoms with Gasteiger partial charge in [0, 0.05) is 14.0 Å². The fraction of sp³-hybridized carbons (Fsp3) is 0.615. The van der Waals surface area contributed by atoms with Gasteiger partial charge in [0.1, 0.15) is 5.00 Å². The number of thioether (sulfide) groups is 1. The Hall–Kier alpha value is -0.720. The van der Waals surface area contributed by atoms with Crippen LogP contribution in [0.4, 0.5) is 10.7 Å². The lowest BCUT2D eigenvalue weighted by Gasteiger charge is -2.20. The highest BCUT2D eigenvalue weighted by molar-refractivity contribution is 7.99. The van der Waals surface area contributed by atoms with Crippen LogP contribution in [-0.4, -0.2) is 31.3 Å². The number of methoxy groups -OCH3 is 1. The molecule has 2 unspecified atom stereocenters. The molecule has 3 N–H and O–H groups in total. The Balaban J connectivity index is 2.24. The van der Waals surface area contributed by atoms with E-state index < -0.39 is 0 Å². The van der Waals surface area contributed by atoms with Gasteiger partial charge in [-0.1, -0.05) is 0 Å². The van der Waals surface area contributed by atoms with Gasteiger partial charge in [-0.15, -0.1) is 23.1 Å². The Morgan fingerprint density at radius 2 is 2.26 bits per heavy atom. The highest BCUT2D eigenvalue weighted by Gasteiger charge is 2.29. The van der Waals surface area contributed by atoms with Crippen LogP contribution in [0.3, 0.4) is 0 Å². The van der Waals surface area contributed by atoms with Crippen molar-refractivity contribution in [1.82, 2.24) is 0 Å². The summed E-state index contributed by atoms with van der Waals surface area (Å²) in [4.78, 5) is 13.2. The first-order chi connectivity index (χ1) is 9.08. The standard InChI is InChI=1S/C13H20N2O2S2/c1-7(16)11-10(14)12(18-3)13(19-11)15-8-5-4-6-9(8)17-2/h8-9,15H,4-6,14H2,1-3H3. The Labute approximate surface area is 122 Å². The van der Waals surface area contributed by atoms with Crippen molar-refractivity contribution in [2.45, 2.75) is 43.2 Å². The third kappa shape index (κ3) is 2.90. The smallest absolute Gasteiger partial charge is 0.171 e. The van der Waals surface area contributed by atoms with Crippen LogP contribution in [0, 0.1) is 0 Å². The number of hydrogen-bond acceptors (Lipinski definition) is 6. The maximum absolute atomic E-state index is 11.6. The summed E-state index contributed by atoms with van der Waals surface area (Å²) in [6.45, 7) is 1.56. The second-order valence-corrected chi connectivity index (χ2v) is 6.56. The maximum Gasteiger partial charge on any atom is 0.171 e. The predicted molar refractivity (Wildman–Crippen MR) is 82.6 cm³/mol. The van der Waals surface area contributed by atoms with Crippen LogP contribution in [0.5, 0.6) is 0 Å². The van der Waals surface area contributed by atoms with Gasteiger partial charge in [-0.2, -0.15) is 0 Å². The fourth-order valence-corrected chi connectivity index (χ4v) is 4.51.